The predicted octanol–water partition coefficient (Wildman–Crippen LogP) is 0.173. The van der Waals surface area contributed by atoms with Crippen LogP contribution in [0.5, 0.6) is 0 Å². The number of hydrogen-bond acceptors (Lipinski definition) is 6. The molecule has 1 saturated heterocycles. The van der Waals surface area contributed by atoms with Gasteiger partial charge in [-0.3, -0.25) is 4.90 Å². The summed E-state index contributed by atoms with van der Waals surface area (Å²) in [6, 6.07) is 0.277. The molecule has 14 heavy (non-hydrogen) atoms. The molecule has 1 atom stereocenters. The van der Waals surface area contributed by atoms with Gasteiger partial charge < -0.3 is 5.73 Å². The Morgan fingerprint density at radius 3 is 3.14 bits per heavy atom. The Kier molecular flexibility index (Phi) is 2.83. The SMILES string of the molecule is CN1CCSCC1c1ncnc(N)n1. The van der Waals surface area contributed by atoms with E-state index in [1.165, 1.54) is 12.1 Å². The summed E-state index contributed by atoms with van der Waals surface area (Å²) in [6.07, 6.45) is 1.48. The van der Waals surface area contributed by atoms with Crippen molar-refractivity contribution < 1.29 is 0 Å². The molecule has 0 radical (unpaired) electrons. The van der Waals surface area contributed by atoms with E-state index in [4.69, 9.17) is 5.73 Å². The monoisotopic (exact) mass is 211 g/mol. The maximum atomic E-state index is 5.52. The van der Waals surface area contributed by atoms with Gasteiger partial charge in [0.05, 0.1) is 6.04 Å². The van der Waals surface area contributed by atoms with Crippen molar-refractivity contribution in [3.63, 3.8) is 0 Å². The second-order valence-corrected chi connectivity index (χ2v) is 4.42. The quantitative estimate of drug-likeness (QED) is 0.714. The molecular formula is C8H13N5S. The van der Waals surface area contributed by atoms with Crippen molar-refractivity contribution in [3.05, 3.63) is 12.2 Å². The van der Waals surface area contributed by atoms with Crippen LogP contribution in [0.25, 0.3) is 0 Å². The van der Waals surface area contributed by atoms with Gasteiger partial charge in [0.25, 0.3) is 0 Å². The molecule has 0 bridgehead atoms. The zero-order chi connectivity index (χ0) is 9.97. The number of rotatable bonds is 1. The molecule has 2 heterocycles. The number of thioether (sulfide) groups is 1. The van der Waals surface area contributed by atoms with Gasteiger partial charge >= 0.3 is 0 Å². The Hall–Kier alpha value is -0.880. The normalized spacial score (nSPS) is 23.6. The molecule has 2 rings (SSSR count). The van der Waals surface area contributed by atoms with E-state index in [-0.39, 0.29) is 6.04 Å². The number of nitrogens with two attached hydrogens (primary N) is 1. The molecule has 1 unspecified atom stereocenters. The zero-order valence-corrected chi connectivity index (χ0v) is 8.87. The van der Waals surface area contributed by atoms with Gasteiger partial charge in [-0.1, -0.05) is 0 Å². The van der Waals surface area contributed by atoms with Gasteiger partial charge in [-0.15, -0.1) is 0 Å². The lowest BCUT2D eigenvalue weighted by molar-refractivity contribution is 0.264. The molecule has 0 aliphatic carbocycles. The molecule has 0 saturated carbocycles. The fourth-order valence-electron chi connectivity index (χ4n) is 1.44. The van der Waals surface area contributed by atoms with Crippen LogP contribution in [0, 0.1) is 0 Å². The smallest absolute Gasteiger partial charge is 0.223 e. The fourth-order valence-corrected chi connectivity index (χ4v) is 2.65. The summed E-state index contributed by atoms with van der Waals surface area (Å²) in [4.78, 5) is 14.3. The second kappa shape index (κ2) is 4.10. The first-order chi connectivity index (χ1) is 6.77. The zero-order valence-electron chi connectivity index (χ0n) is 8.05. The van der Waals surface area contributed by atoms with Gasteiger partial charge in [0.1, 0.15) is 6.33 Å². The lowest BCUT2D eigenvalue weighted by atomic mass is 10.2. The van der Waals surface area contributed by atoms with E-state index in [9.17, 15) is 0 Å². The highest BCUT2D eigenvalue weighted by Crippen LogP contribution is 2.25. The molecule has 6 heteroatoms. The van der Waals surface area contributed by atoms with E-state index in [0.29, 0.717) is 5.95 Å². The standard InChI is InChI=1S/C8H13N5S/c1-13-2-3-14-4-6(13)7-10-5-11-8(9)12-7/h5-6H,2-4H2,1H3,(H2,9,10,11,12). The predicted molar refractivity (Wildman–Crippen MR) is 56.9 cm³/mol. The number of nitrogen functional groups attached to an aromatic ring is 1. The Bertz CT molecular complexity index is 318. The van der Waals surface area contributed by atoms with Gasteiger partial charge in [0.15, 0.2) is 5.82 Å². The molecule has 5 nitrogen and oxygen atoms in total. The van der Waals surface area contributed by atoms with Crippen LogP contribution in [0.2, 0.25) is 0 Å². The van der Waals surface area contributed by atoms with E-state index in [2.05, 4.69) is 26.9 Å². The van der Waals surface area contributed by atoms with Gasteiger partial charge in [0, 0.05) is 18.1 Å². The van der Waals surface area contributed by atoms with Crippen LogP contribution in [0.4, 0.5) is 5.95 Å². The highest BCUT2D eigenvalue weighted by Gasteiger charge is 2.23. The lowest BCUT2D eigenvalue weighted by Gasteiger charge is -2.30. The van der Waals surface area contributed by atoms with Crippen LogP contribution < -0.4 is 5.73 Å². The van der Waals surface area contributed by atoms with Crippen LogP contribution in [0.3, 0.4) is 0 Å². The van der Waals surface area contributed by atoms with Crippen molar-refractivity contribution in [2.75, 3.05) is 30.8 Å². The van der Waals surface area contributed by atoms with E-state index in [1.807, 2.05) is 11.8 Å². The number of anilines is 1. The van der Waals surface area contributed by atoms with Gasteiger partial charge in [-0.05, 0) is 7.05 Å². The maximum absolute atomic E-state index is 5.52. The maximum Gasteiger partial charge on any atom is 0.223 e. The molecule has 1 aromatic rings. The van der Waals surface area contributed by atoms with Gasteiger partial charge in [0.2, 0.25) is 5.95 Å². The minimum atomic E-state index is 0.277. The Balaban J connectivity index is 2.20. The third-order valence-electron chi connectivity index (χ3n) is 2.30. The summed E-state index contributed by atoms with van der Waals surface area (Å²) in [5, 5.41) is 0. The van der Waals surface area contributed by atoms with E-state index in [1.54, 1.807) is 0 Å². The first-order valence-electron chi connectivity index (χ1n) is 4.50. The van der Waals surface area contributed by atoms with Crippen LogP contribution in [0.15, 0.2) is 6.33 Å². The molecule has 1 aliphatic heterocycles. The summed E-state index contributed by atoms with van der Waals surface area (Å²) in [7, 11) is 2.09. The summed E-state index contributed by atoms with van der Waals surface area (Å²) < 4.78 is 0. The topological polar surface area (TPSA) is 67.9 Å². The minimum Gasteiger partial charge on any atom is -0.368 e. The molecule has 1 aromatic heterocycles. The van der Waals surface area contributed by atoms with Crippen LogP contribution in [-0.4, -0.2) is 44.9 Å². The number of hydrogen-bond donors (Lipinski definition) is 1. The third-order valence-corrected chi connectivity index (χ3v) is 3.33. The fraction of sp³-hybridized carbons (Fsp3) is 0.625. The first kappa shape index (κ1) is 9.67. The average molecular weight is 211 g/mol. The molecule has 76 valence electrons. The van der Waals surface area contributed by atoms with E-state index < -0.39 is 0 Å². The lowest BCUT2D eigenvalue weighted by Crippen LogP contribution is -2.34. The molecule has 0 spiro atoms. The highest BCUT2D eigenvalue weighted by molar-refractivity contribution is 7.99. The average Bonchev–Trinajstić information content (AvgIpc) is 2.18. The van der Waals surface area contributed by atoms with Crippen molar-refractivity contribution >= 4 is 17.7 Å². The van der Waals surface area contributed by atoms with Crippen LogP contribution >= 0.6 is 11.8 Å². The van der Waals surface area contributed by atoms with Crippen molar-refractivity contribution in [3.8, 4) is 0 Å². The van der Waals surface area contributed by atoms with Crippen molar-refractivity contribution in [2.45, 2.75) is 6.04 Å². The minimum absolute atomic E-state index is 0.277. The summed E-state index contributed by atoms with van der Waals surface area (Å²) >= 11 is 1.92. The molecular weight excluding hydrogens is 198 g/mol. The Labute approximate surface area is 87.1 Å². The Morgan fingerprint density at radius 2 is 2.43 bits per heavy atom. The van der Waals surface area contributed by atoms with Crippen molar-refractivity contribution in [2.24, 2.45) is 0 Å². The summed E-state index contributed by atoms with van der Waals surface area (Å²) in [6.45, 7) is 1.07. The first-order valence-corrected chi connectivity index (χ1v) is 5.65. The number of nitrogens with zero attached hydrogens (tertiary/aromatic N) is 4. The largest absolute Gasteiger partial charge is 0.368 e. The second-order valence-electron chi connectivity index (χ2n) is 3.27. The van der Waals surface area contributed by atoms with Crippen molar-refractivity contribution in [1.29, 1.82) is 0 Å². The molecule has 0 aromatic carbocycles. The molecule has 1 fully saturated rings. The van der Waals surface area contributed by atoms with Crippen LogP contribution in [0.1, 0.15) is 11.9 Å². The number of aromatic nitrogens is 3. The third kappa shape index (κ3) is 1.96. The Morgan fingerprint density at radius 1 is 1.57 bits per heavy atom. The summed E-state index contributed by atoms with van der Waals surface area (Å²) in [5.74, 6) is 3.29. The molecule has 0 amide bonds. The van der Waals surface area contributed by atoms with Crippen molar-refractivity contribution in [1.82, 2.24) is 19.9 Å². The highest BCUT2D eigenvalue weighted by atomic mass is 32.2. The molecule has 1 aliphatic rings. The van der Waals surface area contributed by atoms with Crippen LogP contribution in [-0.2, 0) is 0 Å². The molecule has 2 N–H and O–H groups in total. The van der Waals surface area contributed by atoms with Gasteiger partial charge in [-0.25, -0.2) is 9.97 Å². The van der Waals surface area contributed by atoms with E-state index >= 15 is 0 Å². The van der Waals surface area contributed by atoms with E-state index in [0.717, 1.165) is 18.1 Å². The van der Waals surface area contributed by atoms with Gasteiger partial charge in [-0.2, -0.15) is 16.7 Å². The summed E-state index contributed by atoms with van der Waals surface area (Å²) in [5.41, 5.74) is 5.52.